The lowest BCUT2D eigenvalue weighted by molar-refractivity contribution is -0.142. The number of likely N-dealkylation sites (N-methyl/N-ethyl adjacent to an activating group) is 1. The molecule has 0 fully saturated rings. The quantitative estimate of drug-likeness (QED) is 0.612. The number of nitrogens with one attached hydrogen (secondary N) is 2. The molecule has 2 N–H and O–H groups in total. The molecule has 130 valence electrons. The van der Waals surface area contributed by atoms with Gasteiger partial charge in [-0.3, -0.25) is 9.89 Å². The molecule has 0 bridgehead atoms. The molecule has 8 heteroatoms. The number of benzene rings is 1. The van der Waals surface area contributed by atoms with E-state index in [4.69, 9.17) is 11.6 Å². The third-order valence-electron chi connectivity index (χ3n) is 3.18. The van der Waals surface area contributed by atoms with Crippen LogP contribution in [0.3, 0.4) is 0 Å². The maximum atomic E-state index is 12.2. The van der Waals surface area contributed by atoms with Crippen LogP contribution in [0.5, 0.6) is 0 Å². The Morgan fingerprint density at radius 2 is 1.91 bits per heavy atom. The van der Waals surface area contributed by atoms with Crippen LogP contribution < -0.4 is 10.6 Å². The van der Waals surface area contributed by atoms with E-state index in [1.54, 1.807) is 19.2 Å². The molecule has 0 saturated carbocycles. The van der Waals surface area contributed by atoms with Crippen molar-refractivity contribution in [2.75, 3.05) is 33.7 Å². The second kappa shape index (κ2) is 8.98. The first kappa shape index (κ1) is 19.6. The van der Waals surface area contributed by atoms with E-state index in [0.717, 1.165) is 5.56 Å². The van der Waals surface area contributed by atoms with Crippen molar-refractivity contribution in [1.29, 1.82) is 0 Å². The van der Waals surface area contributed by atoms with Crippen LogP contribution in [0, 0.1) is 0 Å². The Kier molecular flexibility index (Phi) is 7.64. The van der Waals surface area contributed by atoms with Gasteiger partial charge in [0.15, 0.2) is 5.96 Å². The molecule has 0 spiro atoms. The molecule has 0 aromatic heterocycles. The van der Waals surface area contributed by atoms with Gasteiger partial charge in [-0.25, -0.2) is 0 Å². The summed E-state index contributed by atoms with van der Waals surface area (Å²) in [6.07, 6.45) is -4.18. The lowest BCUT2D eigenvalue weighted by Gasteiger charge is -2.21. The monoisotopic (exact) mass is 350 g/mol. The van der Waals surface area contributed by atoms with Gasteiger partial charge in [0.1, 0.15) is 0 Å². The smallest absolute Gasteiger partial charge is 0.355 e. The molecule has 0 radical (unpaired) electrons. The van der Waals surface area contributed by atoms with Crippen molar-refractivity contribution in [2.24, 2.45) is 4.99 Å². The highest BCUT2D eigenvalue weighted by molar-refractivity contribution is 6.30. The first-order valence-electron chi connectivity index (χ1n) is 7.19. The van der Waals surface area contributed by atoms with E-state index in [0.29, 0.717) is 17.5 Å². The molecular weight excluding hydrogens is 329 g/mol. The van der Waals surface area contributed by atoms with Crippen LogP contribution in [0.15, 0.2) is 29.3 Å². The summed E-state index contributed by atoms with van der Waals surface area (Å²) in [7, 11) is 3.05. The minimum Gasteiger partial charge on any atom is -0.355 e. The minimum absolute atomic E-state index is 0.00799. The van der Waals surface area contributed by atoms with Crippen molar-refractivity contribution < 1.29 is 13.2 Å². The third kappa shape index (κ3) is 8.08. The Bertz CT molecular complexity index is 502. The Labute approximate surface area is 139 Å². The zero-order chi connectivity index (χ0) is 17.5. The molecule has 1 aromatic rings. The fourth-order valence-electron chi connectivity index (χ4n) is 1.98. The molecule has 1 unspecified atom stereocenters. The van der Waals surface area contributed by atoms with Crippen molar-refractivity contribution in [1.82, 2.24) is 15.5 Å². The molecule has 1 aromatic carbocycles. The standard InChI is InChI=1S/C15H22ClF3N4/c1-11(12-4-6-13(16)7-5-12)22-14(20-2)21-8-9-23(3)10-15(17,18)19/h4-7,11H,8-10H2,1-3H3,(H2,20,21,22). The zero-order valence-electron chi connectivity index (χ0n) is 13.4. The molecule has 0 amide bonds. The van der Waals surface area contributed by atoms with E-state index in [9.17, 15) is 13.2 Å². The van der Waals surface area contributed by atoms with Crippen LogP contribution in [0.4, 0.5) is 13.2 Å². The highest BCUT2D eigenvalue weighted by Crippen LogP contribution is 2.16. The van der Waals surface area contributed by atoms with Crippen molar-refractivity contribution in [2.45, 2.75) is 19.1 Å². The van der Waals surface area contributed by atoms with E-state index in [1.165, 1.54) is 11.9 Å². The summed E-state index contributed by atoms with van der Waals surface area (Å²) in [6.45, 7) is 1.66. The second-order valence-electron chi connectivity index (χ2n) is 5.27. The van der Waals surface area contributed by atoms with Crippen molar-refractivity contribution in [3.05, 3.63) is 34.9 Å². The Balaban J connectivity index is 2.41. The number of rotatable bonds is 6. The molecule has 4 nitrogen and oxygen atoms in total. The van der Waals surface area contributed by atoms with Crippen LogP contribution in [0.25, 0.3) is 0 Å². The topological polar surface area (TPSA) is 39.7 Å². The summed E-state index contributed by atoms with van der Waals surface area (Å²) >= 11 is 5.85. The van der Waals surface area contributed by atoms with E-state index in [1.807, 2.05) is 19.1 Å². The van der Waals surface area contributed by atoms with Crippen molar-refractivity contribution in [3.8, 4) is 0 Å². The van der Waals surface area contributed by atoms with E-state index in [2.05, 4.69) is 15.6 Å². The second-order valence-corrected chi connectivity index (χ2v) is 5.71. The van der Waals surface area contributed by atoms with Crippen LogP contribution >= 0.6 is 11.6 Å². The summed E-state index contributed by atoms with van der Waals surface area (Å²) in [5.74, 6) is 0.535. The molecule has 1 rings (SSSR count). The number of nitrogens with zero attached hydrogens (tertiary/aromatic N) is 2. The van der Waals surface area contributed by atoms with Gasteiger partial charge in [0.05, 0.1) is 12.6 Å². The van der Waals surface area contributed by atoms with Gasteiger partial charge >= 0.3 is 6.18 Å². The number of halogens is 4. The molecule has 23 heavy (non-hydrogen) atoms. The average Bonchev–Trinajstić information content (AvgIpc) is 2.44. The van der Waals surface area contributed by atoms with Gasteiger partial charge in [0, 0.05) is 25.2 Å². The van der Waals surface area contributed by atoms with Crippen molar-refractivity contribution in [3.63, 3.8) is 0 Å². The predicted molar refractivity (Wildman–Crippen MR) is 87.9 cm³/mol. The van der Waals surface area contributed by atoms with Crippen LogP contribution in [-0.4, -0.2) is 50.8 Å². The molecular formula is C15H22ClF3N4. The summed E-state index contributed by atoms with van der Waals surface area (Å²) in [6, 6.07) is 7.41. The maximum absolute atomic E-state index is 12.2. The lowest BCUT2D eigenvalue weighted by atomic mass is 10.1. The highest BCUT2D eigenvalue weighted by Gasteiger charge is 2.28. The summed E-state index contributed by atoms with van der Waals surface area (Å²) in [5, 5.41) is 6.84. The van der Waals surface area contributed by atoms with E-state index in [-0.39, 0.29) is 12.6 Å². The fraction of sp³-hybridized carbons (Fsp3) is 0.533. The molecule has 0 heterocycles. The van der Waals surface area contributed by atoms with Gasteiger partial charge < -0.3 is 10.6 Å². The van der Waals surface area contributed by atoms with Gasteiger partial charge in [-0.2, -0.15) is 13.2 Å². The summed E-state index contributed by atoms with van der Waals surface area (Å²) < 4.78 is 36.7. The van der Waals surface area contributed by atoms with Gasteiger partial charge in [-0.1, -0.05) is 23.7 Å². The van der Waals surface area contributed by atoms with Gasteiger partial charge in [-0.15, -0.1) is 0 Å². The molecule has 1 atom stereocenters. The first-order valence-corrected chi connectivity index (χ1v) is 7.57. The summed E-state index contributed by atoms with van der Waals surface area (Å²) in [4.78, 5) is 5.28. The molecule has 0 aliphatic heterocycles. The van der Waals surface area contributed by atoms with Gasteiger partial charge in [0.25, 0.3) is 0 Å². The molecule has 0 aliphatic rings. The minimum atomic E-state index is -4.18. The Morgan fingerprint density at radius 3 is 2.43 bits per heavy atom. The molecule has 0 aliphatic carbocycles. The molecule has 0 saturated heterocycles. The Morgan fingerprint density at radius 1 is 1.30 bits per heavy atom. The van der Waals surface area contributed by atoms with Crippen LogP contribution in [0.1, 0.15) is 18.5 Å². The predicted octanol–water partition coefficient (Wildman–Crippen LogP) is 3.06. The van der Waals surface area contributed by atoms with E-state index < -0.39 is 12.7 Å². The maximum Gasteiger partial charge on any atom is 0.401 e. The first-order chi connectivity index (χ1) is 10.7. The lowest BCUT2D eigenvalue weighted by Crippen LogP contribution is -2.43. The third-order valence-corrected chi connectivity index (χ3v) is 3.43. The number of alkyl halides is 3. The number of hydrogen-bond acceptors (Lipinski definition) is 2. The van der Waals surface area contributed by atoms with Gasteiger partial charge in [-0.05, 0) is 31.7 Å². The highest BCUT2D eigenvalue weighted by atomic mass is 35.5. The van der Waals surface area contributed by atoms with Gasteiger partial charge in [0.2, 0.25) is 0 Å². The van der Waals surface area contributed by atoms with Crippen LogP contribution in [0.2, 0.25) is 5.02 Å². The normalized spacial score (nSPS) is 14.0. The Hall–Kier alpha value is -1.47. The number of hydrogen-bond donors (Lipinski definition) is 2. The SMILES string of the molecule is CN=C(NCCN(C)CC(F)(F)F)NC(C)c1ccc(Cl)cc1. The largest absolute Gasteiger partial charge is 0.401 e. The zero-order valence-corrected chi connectivity index (χ0v) is 14.2. The summed E-state index contributed by atoms with van der Waals surface area (Å²) in [5.41, 5.74) is 1.03. The van der Waals surface area contributed by atoms with Crippen molar-refractivity contribution >= 4 is 17.6 Å². The fourth-order valence-corrected chi connectivity index (χ4v) is 2.11. The van der Waals surface area contributed by atoms with E-state index >= 15 is 0 Å². The number of guanidine groups is 1. The number of aliphatic imine (C=N–C) groups is 1. The van der Waals surface area contributed by atoms with Crippen LogP contribution in [-0.2, 0) is 0 Å². The average molecular weight is 351 g/mol.